The number of hydrogen-bond acceptors (Lipinski definition) is 5. The van der Waals surface area contributed by atoms with Crippen molar-refractivity contribution in [3.8, 4) is 11.4 Å². The SMILES string of the molecule is CC1(C)CC(N)CC(C)(C)N1c1ccc2c(c1)nc1n2C(Cc2c[nH]c3ccccc23)C(=O)Nc2ccc(NC3CC3)cc2-1. The fourth-order valence-electron chi connectivity index (χ4n) is 8.21. The van der Waals surface area contributed by atoms with Gasteiger partial charge in [0.2, 0.25) is 5.91 Å². The summed E-state index contributed by atoms with van der Waals surface area (Å²) in [4.78, 5) is 25.4. The molecular formula is C36H41N7O. The van der Waals surface area contributed by atoms with Crippen LogP contribution in [0, 0.1) is 0 Å². The van der Waals surface area contributed by atoms with Gasteiger partial charge < -0.3 is 30.8 Å². The first kappa shape index (κ1) is 27.3. The number of carbonyl (C=O) groups excluding carboxylic acids is 1. The highest BCUT2D eigenvalue weighted by Crippen LogP contribution is 2.44. The molecule has 1 aliphatic carbocycles. The molecule has 8 nitrogen and oxygen atoms in total. The normalized spacial score (nSPS) is 21.2. The van der Waals surface area contributed by atoms with E-state index in [1.165, 1.54) is 12.8 Å². The Morgan fingerprint density at radius 3 is 2.55 bits per heavy atom. The van der Waals surface area contributed by atoms with Crippen molar-refractivity contribution in [2.24, 2.45) is 5.73 Å². The quantitative estimate of drug-likeness (QED) is 0.178. The zero-order valence-electron chi connectivity index (χ0n) is 25.9. The number of hydrogen-bond donors (Lipinski definition) is 4. The van der Waals surface area contributed by atoms with Crippen molar-refractivity contribution in [1.29, 1.82) is 0 Å². The summed E-state index contributed by atoms with van der Waals surface area (Å²) in [7, 11) is 0. The number of aromatic nitrogens is 3. The highest BCUT2D eigenvalue weighted by atomic mass is 16.2. The molecule has 0 radical (unpaired) electrons. The van der Waals surface area contributed by atoms with E-state index in [0.717, 1.165) is 68.8 Å². The van der Waals surface area contributed by atoms with Crippen LogP contribution in [-0.2, 0) is 11.2 Å². The minimum atomic E-state index is -0.479. The van der Waals surface area contributed by atoms with Crippen molar-refractivity contribution < 1.29 is 4.79 Å². The molecule has 0 spiro atoms. The number of fused-ring (bicyclic) bond motifs is 6. The molecule has 8 rings (SSSR count). The molecule has 44 heavy (non-hydrogen) atoms. The van der Waals surface area contributed by atoms with Gasteiger partial charge in [0.1, 0.15) is 11.9 Å². The highest BCUT2D eigenvalue weighted by molar-refractivity contribution is 6.02. The fraction of sp³-hybridized carbons (Fsp3) is 0.389. The van der Waals surface area contributed by atoms with E-state index >= 15 is 0 Å². The van der Waals surface area contributed by atoms with Crippen LogP contribution in [0.4, 0.5) is 17.1 Å². The topological polar surface area (TPSA) is 104 Å². The monoisotopic (exact) mass is 587 g/mol. The van der Waals surface area contributed by atoms with Crippen LogP contribution in [0.3, 0.4) is 0 Å². The van der Waals surface area contributed by atoms with Gasteiger partial charge in [0.25, 0.3) is 0 Å². The molecule has 2 fully saturated rings. The zero-order chi connectivity index (χ0) is 30.4. The summed E-state index contributed by atoms with van der Waals surface area (Å²) in [6, 6.07) is 21.3. The van der Waals surface area contributed by atoms with E-state index in [4.69, 9.17) is 10.7 Å². The zero-order valence-corrected chi connectivity index (χ0v) is 25.9. The third kappa shape index (κ3) is 4.46. The van der Waals surface area contributed by atoms with E-state index in [1.807, 2.05) is 24.4 Å². The van der Waals surface area contributed by atoms with E-state index in [9.17, 15) is 4.79 Å². The summed E-state index contributed by atoms with van der Waals surface area (Å²) in [5, 5.41) is 8.03. The Labute approximate surface area is 258 Å². The molecule has 0 bridgehead atoms. The number of H-pyrrole nitrogens is 1. The fourth-order valence-corrected chi connectivity index (χ4v) is 8.21. The van der Waals surface area contributed by atoms with Gasteiger partial charge in [-0.25, -0.2) is 4.98 Å². The standard InChI is InChI=1S/C36H41N7O/c1-35(2)18-22(37)19-36(3,4)43(35)25-12-14-31-30(17-25)40-33-27-16-24(39-23-9-10-23)11-13-29(27)41-34(44)32(42(31)33)15-21-20-38-28-8-6-5-7-26(21)28/h5-8,11-14,16-17,20,22-23,32,38-39H,9-10,15,18-19,37H2,1-4H3,(H,41,44). The smallest absolute Gasteiger partial charge is 0.247 e. The number of imidazole rings is 1. The van der Waals surface area contributed by atoms with Crippen LogP contribution in [0.15, 0.2) is 66.9 Å². The number of para-hydroxylation sites is 1. The Kier molecular flexibility index (Phi) is 5.95. The summed E-state index contributed by atoms with van der Waals surface area (Å²) in [6.45, 7) is 9.14. The van der Waals surface area contributed by atoms with Crippen LogP contribution < -0.4 is 21.3 Å². The van der Waals surface area contributed by atoms with Crippen LogP contribution in [-0.4, -0.2) is 43.6 Å². The number of carbonyl (C=O) groups is 1. The van der Waals surface area contributed by atoms with Crippen molar-refractivity contribution in [2.75, 3.05) is 15.5 Å². The number of piperidine rings is 1. The molecule has 2 aliphatic heterocycles. The number of rotatable bonds is 5. The molecule has 4 heterocycles. The van der Waals surface area contributed by atoms with Crippen LogP contribution in [0.5, 0.6) is 0 Å². The number of nitrogens with zero attached hydrogens (tertiary/aromatic N) is 3. The van der Waals surface area contributed by atoms with Crippen LogP contribution >= 0.6 is 0 Å². The van der Waals surface area contributed by atoms with E-state index in [-0.39, 0.29) is 23.0 Å². The molecule has 2 aromatic heterocycles. The lowest BCUT2D eigenvalue weighted by Gasteiger charge is -2.56. The summed E-state index contributed by atoms with van der Waals surface area (Å²) < 4.78 is 2.17. The second-order valence-electron chi connectivity index (χ2n) is 14.4. The summed E-state index contributed by atoms with van der Waals surface area (Å²) >= 11 is 0. The first-order chi connectivity index (χ1) is 21.1. The van der Waals surface area contributed by atoms with Gasteiger partial charge in [-0.1, -0.05) is 18.2 Å². The van der Waals surface area contributed by atoms with Crippen LogP contribution in [0.2, 0.25) is 0 Å². The number of aromatic amines is 1. The first-order valence-electron chi connectivity index (χ1n) is 15.9. The number of anilines is 3. The lowest BCUT2D eigenvalue weighted by molar-refractivity contribution is -0.119. The molecule has 226 valence electrons. The Hall–Kier alpha value is -4.30. The lowest BCUT2D eigenvalue weighted by Crippen LogP contribution is -2.63. The molecule has 1 atom stereocenters. The molecule has 1 unspecified atom stereocenters. The predicted octanol–water partition coefficient (Wildman–Crippen LogP) is 6.98. The van der Waals surface area contributed by atoms with E-state index < -0.39 is 6.04 Å². The van der Waals surface area contributed by atoms with Gasteiger partial charge in [0, 0.05) is 63.6 Å². The van der Waals surface area contributed by atoms with Crippen molar-refractivity contribution in [3.05, 3.63) is 72.4 Å². The largest absolute Gasteiger partial charge is 0.382 e. The van der Waals surface area contributed by atoms with Gasteiger partial charge in [-0.3, -0.25) is 4.79 Å². The van der Waals surface area contributed by atoms with Crippen molar-refractivity contribution in [2.45, 2.75) is 89.0 Å². The number of nitrogens with two attached hydrogens (primary N) is 1. The second-order valence-corrected chi connectivity index (χ2v) is 14.4. The average molecular weight is 588 g/mol. The minimum Gasteiger partial charge on any atom is -0.382 e. The lowest BCUT2D eigenvalue weighted by atomic mass is 9.77. The summed E-state index contributed by atoms with van der Waals surface area (Å²) in [5.41, 5.74) is 14.3. The summed E-state index contributed by atoms with van der Waals surface area (Å²) in [5.74, 6) is 0.780. The maximum atomic E-state index is 14.1. The van der Waals surface area contributed by atoms with E-state index in [2.05, 4.69) is 95.2 Å². The highest BCUT2D eigenvalue weighted by Gasteiger charge is 2.44. The average Bonchev–Trinajstić information content (AvgIpc) is 3.58. The third-order valence-electron chi connectivity index (χ3n) is 9.83. The van der Waals surface area contributed by atoms with Crippen LogP contribution in [0.1, 0.15) is 65.0 Å². The van der Waals surface area contributed by atoms with Crippen molar-refractivity contribution in [1.82, 2.24) is 14.5 Å². The molecule has 1 amide bonds. The Morgan fingerprint density at radius 1 is 1.00 bits per heavy atom. The van der Waals surface area contributed by atoms with Crippen LogP contribution in [0.25, 0.3) is 33.3 Å². The molecule has 5 N–H and O–H groups in total. The Balaban J connectivity index is 1.30. The number of amides is 1. The first-order valence-corrected chi connectivity index (χ1v) is 15.9. The third-order valence-corrected chi connectivity index (χ3v) is 9.83. The maximum absolute atomic E-state index is 14.1. The number of nitrogens with one attached hydrogen (secondary N) is 3. The van der Waals surface area contributed by atoms with Gasteiger partial charge in [0.05, 0.1) is 16.7 Å². The van der Waals surface area contributed by atoms with Gasteiger partial charge >= 0.3 is 0 Å². The molecule has 3 aliphatic rings. The van der Waals surface area contributed by atoms with Gasteiger partial charge in [0.15, 0.2) is 0 Å². The second kappa shape index (κ2) is 9.60. The summed E-state index contributed by atoms with van der Waals surface area (Å²) in [6.07, 6.45) is 6.80. The van der Waals surface area contributed by atoms with Gasteiger partial charge in [-0.2, -0.15) is 0 Å². The van der Waals surface area contributed by atoms with E-state index in [0.29, 0.717) is 12.5 Å². The molecule has 1 saturated heterocycles. The molecule has 5 aromatic rings. The minimum absolute atomic E-state index is 0.0335. The molecule has 1 saturated carbocycles. The molecule has 8 heteroatoms. The van der Waals surface area contributed by atoms with Gasteiger partial charge in [-0.15, -0.1) is 0 Å². The Morgan fingerprint density at radius 2 is 1.77 bits per heavy atom. The molecular weight excluding hydrogens is 546 g/mol. The number of benzene rings is 3. The molecule has 3 aromatic carbocycles. The van der Waals surface area contributed by atoms with Crippen molar-refractivity contribution >= 4 is 44.9 Å². The van der Waals surface area contributed by atoms with Crippen molar-refractivity contribution in [3.63, 3.8) is 0 Å². The maximum Gasteiger partial charge on any atom is 0.247 e. The van der Waals surface area contributed by atoms with Gasteiger partial charge in [-0.05, 0) is 101 Å². The predicted molar refractivity (Wildman–Crippen MR) is 179 cm³/mol. The Bertz CT molecular complexity index is 1910. The van der Waals surface area contributed by atoms with E-state index in [1.54, 1.807) is 0 Å².